The molecule has 3 aromatic rings. The Morgan fingerprint density at radius 1 is 0.719 bits per heavy atom. The van der Waals surface area contributed by atoms with Gasteiger partial charge in [0.2, 0.25) is 0 Å². The second kappa shape index (κ2) is 11.8. The molecule has 170 valence electrons. The van der Waals surface area contributed by atoms with Crippen LogP contribution in [0.25, 0.3) is 11.1 Å². The van der Waals surface area contributed by atoms with Crippen LogP contribution in [0.4, 0.5) is 13.2 Å². The molecule has 3 aromatic carbocycles. The van der Waals surface area contributed by atoms with Gasteiger partial charge in [0.25, 0.3) is 6.43 Å². The number of aryl methyl sites for hydroxylation is 3. The van der Waals surface area contributed by atoms with Crippen molar-refractivity contribution < 1.29 is 17.9 Å². The normalized spacial score (nSPS) is 11.2. The summed E-state index contributed by atoms with van der Waals surface area (Å²) in [5, 5.41) is 0. The summed E-state index contributed by atoms with van der Waals surface area (Å²) in [6.07, 6.45) is 3.49. The molecule has 0 radical (unpaired) electrons. The molecule has 0 heterocycles. The summed E-state index contributed by atoms with van der Waals surface area (Å²) in [4.78, 5) is 0. The predicted molar refractivity (Wildman–Crippen MR) is 125 cm³/mol. The van der Waals surface area contributed by atoms with E-state index in [2.05, 4.69) is 31.2 Å². The first-order valence-corrected chi connectivity index (χ1v) is 11.4. The van der Waals surface area contributed by atoms with Gasteiger partial charge in [-0.1, -0.05) is 61.9 Å². The van der Waals surface area contributed by atoms with Crippen LogP contribution in [0.1, 0.15) is 61.8 Å². The fraction of sp³-hybridized carbons (Fsp3) is 0.357. The van der Waals surface area contributed by atoms with Gasteiger partial charge in [-0.25, -0.2) is 13.2 Å². The van der Waals surface area contributed by atoms with Crippen LogP contribution in [-0.4, -0.2) is 6.61 Å². The fourth-order valence-corrected chi connectivity index (χ4v) is 3.98. The second-order valence-corrected chi connectivity index (χ2v) is 8.04. The highest BCUT2D eigenvalue weighted by molar-refractivity contribution is 5.69. The minimum absolute atomic E-state index is 0.136. The SMILES string of the molecule is CCCc1ccc(CCCCc2ccc(-c3ccc(OCC)c(F)c3C(F)F)cc2)cc1. The van der Waals surface area contributed by atoms with Crippen molar-refractivity contribution >= 4 is 0 Å². The molecule has 0 bridgehead atoms. The molecule has 0 aromatic heterocycles. The molecule has 0 unspecified atom stereocenters. The molecule has 4 heteroatoms. The number of hydrogen-bond donors (Lipinski definition) is 0. The number of hydrogen-bond acceptors (Lipinski definition) is 1. The Hall–Kier alpha value is -2.75. The quantitative estimate of drug-likeness (QED) is 0.272. The molecule has 0 saturated carbocycles. The molecule has 0 aliphatic heterocycles. The molecule has 3 rings (SSSR count). The maximum absolute atomic E-state index is 14.5. The fourth-order valence-electron chi connectivity index (χ4n) is 3.98. The Balaban J connectivity index is 1.60. The number of unbranched alkanes of at least 4 members (excludes halogenated alkanes) is 1. The van der Waals surface area contributed by atoms with E-state index in [9.17, 15) is 13.2 Å². The predicted octanol–water partition coefficient (Wildman–Crippen LogP) is 8.35. The monoisotopic (exact) mass is 440 g/mol. The lowest BCUT2D eigenvalue weighted by molar-refractivity contribution is 0.145. The smallest absolute Gasteiger partial charge is 0.267 e. The summed E-state index contributed by atoms with van der Waals surface area (Å²) in [7, 11) is 0. The molecule has 0 aliphatic rings. The topological polar surface area (TPSA) is 9.23 Å². The Labute approximate surface area is 189 Å². The highest BCUT2D eigenvalue weighted by atomic mass is 19.3. The van der Waals surface area contributed by atoms with E-state index >= 15 is 0 Å². The number of benzene rings is 3. The van der Waals surface area contributed by atoms with E-state index in [1.165, 1.54) is 23.3 Å². The summed E-state index contributed by atoms with van der Waals surface area (Å²) in [5.74, 6) is -1.12. The highest BCUT2D eigenvalue weighted by Gasteiger charge is 2.23. The first kappa shape index (κ1) is 23.9. The Morgan fingerprint density at radius 3 is 1.75 bits per heavy atom. The number of halogens is 3. The minimum atomic E-state index is -2.92. The molecular weight excluding hydrogens is 409 g/mol. The summed E-state index contributed by atoms with van der Waals surface area (Å²) < 4.78 is 46.8. The van der Waals surface area contributed by atoms with E-state index in [4.69, 9.17) is 4.74 Å². The van der Waals surface area contributed by atoms with Crippen LogP contribution in [0.2, 0.25) is 0 Å². The molecule has 1 nitrogen and oxygen atoms in total. The van der Waals surface area contributed by atoms with Crippen LogP contribution in [0.15, 0.2) is 60.7 Å². The average Bonchev–Trinajstić information content (AvgIpc) is 2.79. The van der Waals surface area contributed by atoms with Gasteiger partial charge in [0.1, 0.15) is 0 Å². The average molecular weight is 441 g/mol. The standard InChI is InChI=1S/C28H31F3O/c1-3-7-20-10-12-21(13-11-20)8-5-6-9-22-14-16-23(17-15-22)24-18-19-25(32-4-2)27(29)26(24)28(30)31/h10-19,28H,3-9H2,1-2H3. The molecular formula is C28H31F3O. The van der Waals surface area contributed by atoms with Gasteiger partial charge in [0, 0.05) is 0 Å². The van der Waals surface area contributed by atoms with Gasteiger partial charge in [-0.3, -0.25) is 0 Å². The van der Waals surface area contributed by atoms with E-state index in [0.29, 0.717) is 5.56 Å². The van der Waals surface area contributed by atoms with Crippen LogP contribution < -0.4 is 4.74 Å². The van der Waals surface area contributed by atoms with E-state index < -0.39 is 17.8 Å². The van der Waals surface area contributed by atoms with Gasteiger partial charge in [0.15, 0.2) is 11.6 Å². The highest BCUT2D eigenvalue weighted by Crippen LogP contribution is 2.37. The zero-order chi connectivity index (χ0) is 22.9. The molecule has 0 N–H and O–H groups in total. The van der Waals surface area contributed by atoms with E-state index in [1.54, 1.807) is 19.1 Å². The Bertz CT molecular complexity index is 979. The third-order valence-electron chi connectivity index (χ3n) is 5.67. The van der Waals surface area contributed by atoms with Gasteiger partial charge >= 0.3 is 0 Å². The molecule has 32 heavy (non-hydrogen) atoms. The van der Waals surface area contributed by atoms with Gasteiger partial charge < -0.3 is 4.74 Å². The van der Waals surface area contributed by atoms with Crippen LogP contribution in [0.5, 0.6) is 5.75 Å². The number of alkyl halides is 2. The summed E-state index contributed by atoms with van der Waals surface area (Å²) in [6.45, 7) is 4.10. The van der Waals surface area contributed by atoms with Gasteiger partial charge in [-0.2, -0.15) is 0 Å². The van der Waals surface area contributed by atoms with Crippen molar-refractivity contribution in [1.29, 1.82) is 0 Å². The van der Waals surface area contributed by atoms with Crippen LogP contribution in [-0.2, 0) is 19.3 Å². The van der Waals surface area contributed by atoms with Crippen LogP contribution in [0.3, 0.4) is 0 Å². The molecule has 0 fully saturated rings. The van der Waals surface area contributed by atoms with E-state index in [-0.39, 0.29) is 17.9 Å². The summed E-state index contributed by atoms with van der Waals surface area (Å²) in [5.41, 5.74) is 4.08. The third-order valence-corrected chi connectivity index (χ3v) is 5.67. The zero-order valence-corrected chi connectivity index (χ0v) is 18.8. The number of ether oxygens (including phenoxy) is 1. The lowest BCUT2D eigenvalue weighted by atomic mass is 9.96. The van der Waals surface area contributed by atoms with E-state index in [0.717, 1.165) is 44.1 Å². The molecule has 0 amide bonds. The second-order valence-electron chi connectivity index (χ2n) is 8.04. The van der Waals surface area contributed by atoms with Crippen molar-refractivity contribution in [2.45, 2.75) is 58.8 Å². The molecule has 0 aliphatic carbocycles. The van der Waals surface area contributed by atoms with Crippen LogP contribution in [0, 0.1) is 5.82 Å². The first-order valence-electron chi connectivity index (χ1n) is 11.4. The van der Waals surface area contributed by atoms with Crippen molar-refractivity contribution in [3.8, 4) is 16.9 Å². The van der Waals surface area contributed by atoms with Crippen molar-refractivity contribution in [3.63, 3.8) is 0 Å². The van der Waals surface area contributed by atoms with Crippen molar-refractivity contribution in [1.82, 2.24) is 0 Å². The van der Waals surface area contributed by atoms with Gasteiger partial charge in [0.05, 0.1) is 12.2 Å². The first-order chi connectivity index (χ1) is 15.5. The summed E-state index contributed by atoms with van der Waals surface area (Å²) in [6, 6.07) is 19.3. The maximum atomic E-state index is 14.5. The van der Waals surface area contributed by atoms with Crippen molar-refractivity contribution in [2.24, 2.45) is 0 Å². The maximum Gasteiger partial charge on any atom is 0.267 e. The molecule has 0 saturated heterocycles. The van der Waals surface area contributed by atoms with Crippen molar-refractivity contribution in [3.05, 3.63) is 88.7 Å². The lowest BCUT2D eigenvalue weighted by Crippen LogP contribution is -2.01. The lowest BCUT2D eigenvalue weighted by Gasteiger charge is -2.14. The van der Waals surface area contributed by atoms with Crippen LogP contribution >= 0.6 is 0 Å². The van der Waals surface area contributed by atoms with Crippen molar-refractivity contribution in [2.75, 3.05) is 6.61 Å². The third kappa shape index (κ3) is 6.15. The minimum Gasteiger partial charge on any atom is -0.491 e. The molecule has 0 atom stereocenters. The largest absolute Gasteiger partial charge is 0.491 e. The Kier molecular flexibility index (Phi) is 8.78. The Morgan fingerprint density at radius 2 is 1.25 bits per heavy atom. The summed E-state index contributed by atoms with van der Waals surface area (Å²) >= 11 is 0. The number of rotatable bonds is 11. The zero-order valence-electron chi connectivity index (χ0n) is 18.8. The van der Waals surface area contributed by atoms with E-state index in [1.807, 2.05) is 12.1 Å². The van der Waals surface area contributed by atoms with Gasteiger partial charge in [-0.05, 0) is 79.0 Å². The van der Waals surface area contributed by atoms with Gasteiger partial charge in [-0.15, -0.1) is 0 Å². The molecule has 0 spiro atoms.